The van der Waals surface area contributed by atoms with E-state index in [4.69, 9.17) is 5.11 Å². The number of thioether (sulfide) groups is 1. The van der Waals surface area contributed by atoms with Gasteiger partial charge in [-0.2, -0.15) is 0 Å². The van der Waals surface area contributed by atoms with Crippen LogP contribution in [-0.2, 0) is 6.54 Å². The maximum absolute atomic E-state index is 8.73. The van der Waals surface area contributed by atoms with Gasteiger partial charge in [-0.25, -0.2) is 4.98 Å². The van der Waals surface area contributed by atoms with E-state index in [9.17, 15) is 0 Å². The summed E-state index contributed by atoms with van der Waals surface area (Å²) < 4.78 is 0. The smallest absolute Gasteiger partial charge is 0.0990 e. The molecule has 4 heteroatoms. The predicted octanol–water partition coefficient (Wildman–Crippen LogP) is 1.58. The summed E-state index contributed by atoms with van der Waals surface area (Å²) in [6.45, 7) is 6.19. The Morgan fingerprint density at radius 3 is 2.93 bits per heavy atom. The summed E-state index contributed by atoms with van der Waals surface area (Å²) in [5, 5.41) is 13.0. The molecule has 0 aliphatic heterocycles. The third-order valence-electron chi connectivity index (χ3n) is 2.00. The second kappa shape index (κ2) is 6.82. The van der Waals surface area contributed by atoms with E-state index < -0.39 is 0 Å². The second-order valence-corrected chi connectivity index (χ2v) is 4.40. The van der Waals surface area contributed by atoms with Gasteiger partial charge < -0.3 is 10.4 Å². The lowest BCUT2D eigenvalue weighted by atomic mass is 10.2. The van der Waals surface area contributed by atoms with Crippen LogP contribution >= 0.6 is 11.8 Å². The number of aliphatic hydroxyl groups is 1. The van der Waals surface area contributed by atoms with Crippen LogP contribution in [0, 0.1) is 6.92 Å². The van der Waals surface area contributed by atoms with E-state index in [-0.39, 0.29) is 6.61 Å². The summed E-state index contributed by atoms with van der Waals surface area (Å²) >= 11 is 1.60. The molecule has 0 spiro atoms. The number of pyridine rings is 1. The molecule has 0 unspecified atom stereocenters. The third-order valence-corrected chi connectivity index (χ3v) is 3.08. The van der Waals surface area contributed by atoms with Crippen LogP contribution in [0.25, 0.3) is 0 Å². The van der Waals surface area contributed by atoms with Gasteiger partial charge in [0.1, 0.15) is 0 Å². The number of hydrogen-bond acceptors (Lipinski definition) is 4. The minimum absolute atomic E-state index is 0.199. The average molecular weight is 226 g/mol. The van der Waals surface area contributed by atoms with Gasteiger partial charge >= 0.3 is 0 Å². The van der Waals surface area contributed by atoms with Crippen molar-refractivity contribution in [2.24, 2.45) is 0 Å². The highest BCUT2D eigenvalue weighted by Gasteiger charge is 2.01. The van der Waals surface area contributed by atoms with Gasteiger partial charge in [-0.1, -0.05) is 13.0 Å². The Balaban J connectivity index is 2.61. The molecule has 1 aromatic rings. The molecule has 0 amide bonds. The fourth-order valence-corrected chi connectivity index (χ4v) is 1.98. The number of nitrogens with one attached hydrogen (secondary N) is 1. The summed E-state index contributed by atoms with van der Waals surface area (Å²) in [6, 6.07) is 2.15. The average Bonchev–Trinajstić information content (AvgIpc) is 2.25. The maximum Gasteiger partial charge on any atom is 0.0990 e. The highest BCUT2D eigenvalue weighted by molar-refractivity contribution is 7.99. The maximum atomic E-state index is 8.73. The molecule has 0 aliphatic rings. The first-order valence-corrected chi connectivity index (χ1v) is 6.16. The van der Waals surface area contributed by atoms with Crippen molar-refractivity contribution in [1.29, 1.82) is 0 Å². The molecule has 15 heavy (non-hydrogen) atoms. The minimum atomic E-state index is 0.199. The molecule has 0 aliphatic carbocycles. The standard InChI is InChI=1S/C11H18N2OS/c1-3-12-7-10-6-9(2)11(13-8-10)15-5-4-14/h6,8,12,14H,3-5,7H2,1-2H3. The zero-order valence-corrected chi connectivity index (χ0v) is 10.1. The van der Waals surface area contributed by atoms with Gasteiger partial charge in [-0.3, -0.25) is 0 Å². The molecule has 0 aromatic carbocycles. The predicted molar refractivity (Wildman–Crippen MR) is 64.2 cm³/mol. The lowest BCUT2D eigenvalue weighted by Crippen LogP contribution is -2.12. The Hall–Kier alpha value is -0.580. The van der Waals surface area contributed by atoms with Gasteiger partial charge in [0.25, 0.3) is 0 Å². The molecule has 0 saturated carbocycles. The molecule has 0 radical (unpaired) electrons. The van der Waals surface area contributed by atoms with Gasteiger partial charge in [-0.15, -0.1) is 11.8 Å². The number of nitrogens with zero attached hydrogens (tertiary/aromatic N) is 1. The van der Waals surface area contributed by atoms with Crippen LogP contribution in [0.1, 0.15) is 18.1 Å². The summed E-state index contributed by atoms with van der Waals surface area (Å²) in [4.78, 5) is 4.38. The molecular weight excluding hydrogens is 208 g/mol. The van der Waals surface area contributed by atoms with Crippen LogP contribution < -0.4 is 5.32 Å². The Kier molecular flexibility index (Phi) is 5.68. The molecule has 1 rings (SSSR count). The van der Waals surface area contributed by atoms with E-state index in [1.54, 1.807) is 11.8 Å². The molecule has 0 fully saturated rings. The van der Waals surface area contributed by atoms with Crippen LogP contribution in [0.4, 0.5) is 0 Å². The van der Waals surface area contributed by atoms with E-state index >= 15 is 0 Å². The van der Waals surface area contributed by atoms with Crippen molar-refractivity contribution in [1.82, 2.24) is 10.3 Å². The first kappa shape index (κ1) is 12.5. The molecule has 0 bridgehead atoms. The number of rotatable bonds is 6. The highest BCUT2D eigenvalue weighted by atomic mass is 32.2. The van der Waals surface area contributed by atoms with E-state index in [0.717, 1.165) is 18.1 Å². The molecule has 0 atom stereocenters. The van der Waals surface area contributed by atoms with Crippen molar-refractivity contribution < 1.29 is 5.11 Å². The lowest BCUT2D eigenvalue weighted by molar-refractivity contribution is 0.322. The lowest BCUT2D eigenvalue weighted by Gasteiger charge is -2.06. The SMILES string of the molecule is CCNCc1cnc(SCCO)c(C)c1. The van der Waals surface area contributed by atoms with Gasteiger partial charge in [0, 0.05) is 18.5 Å². The number of aliphatic hydroxyl groups excluding tert-OH is 1. The highest BCUT2D eigenvalue weighted by Crippen LogP contribution is 2.19. The first-order chi connectivity index (χ1) is 7.27. The molecule has 84 valence electrons. The van der Waals surface area contributed by atoms with Crippen molar-refractivity contribution in [3.8, 4) is 0 Å². The quantitative estimate of drug-likeness (QED) is 0.723. The van der Waals surface area contributed by atoms with Crippen LogP contribution in [0.15, 0.2) is 17.3 Å². The molecule has 3 nitrogen and oxygen atoms in total. The van der Waals surface area contributed by atoms with Crippen molar-refractivity contribution in [3.05, 3.63) is 23.4 Å². The van der Waals surface area contributed by atoms with E-state index in [0.29, 0.717) is 5.75 Å². The Labute approximate surface area is 95.3 Å². The van der Waals surface area contributed by atoms with Crippen molar-refractivity contribution >= 4 is 11.8 Å². The van der Waals surface area contributed by atoms with Gasteiger partial charge in [0.15, 0.2) is 0 Å². The molecule has 2 N–H and O–H groups in total. The van der Waals surface area contributed by atoms with Gasteiger partial charge in [0.2, 0.25) is 0 Å². The van der Waals surface area contributed by atoms with Crippen molar-refractivity contribution in [2.45, 2.75) is 25.4 Å². The largest absolute Gasteiger partial charge is 0.396 e. The van der Waals surface area contributed by atoms with Crippen LogP contribution in [0.5, 0.6) is 0 Å². The Bertz CT molecular complexity index is 305. The summed E-state index contributed by atoms with van der Waals surface area (Å²) in [5.41, 5.74) is 2.39. The zero-order chi connectivity index (χ0) is 11.1. The number of hydrogen-bond donors (Lipinski definition) is 2. The van der Waals surface area contributed by atoms with E-state index in [2.05, 4.69) is 30.2 Å². The Morgan fingerprint density at radius 2 is 2.33 bits per heavy atom. The fourth-order valence-electron chi connectivity index (χ4n) is 1.28. The van der Waals surface area contributed by atoms with Gasteiger partial charge in [0.05, 0.1) is 11.6 Å². The van der Waals surface area contributed by atoms with Gasteiger partial charge in [-0.05, 0) is 24.6 Å². The van der Waals surface area contributed by atoms with E-state index in [1.807, 2.05) is 6.20 Å². The Morgan fingerprint density at radius 1 is 1.53 bits per heavy atom. The molecule has 1 heterocycles. The number of aromatic nitrogens is 1. The first-order valence-electron chi connectivity index (χ1n) is 5.17. The monoisotopic (exact) mass is 226 g/mol. The zero-order valence-electron chi connectivity index (χ0n) is 9.29. The molecule has 0 saturated heterocycles. The summed E-state index contributed by atoms with van der Waals surface area (Å²) in [7, 11) is 0. The second-order valence-electron chi connectivity index (χ2n) is 3.32. The minimum Gasteiger partial charge on any atom is -0.396 e. The van der Waals surface area contributed by atoms with Crippen molar-refractivity contribution in [2.75, 3.05) is 18.9 Å². The molecular formula is C11H18N2OS. The normalized spacial score (nSPS) is 10.6. The summed E-state index contributed by atoms with van der Waals surface area (Å²) in [6.07, 6.45) is 1.90. The molecule has 1 aromatic heterocycles. The van der Waals surface area contributed by atoms with Crippen LogP contribution in [0.2, 0.25) is 0 Å². The van der Waals surface area contributed by atoms with Crippen LogP contribution in [0.3, 0.4) is 0 Å². The number of aryl methyl sites for hydroxylation is 1. The fraction of sp³-hybridized carbons (Fsp3) is 0.545. The van der Waals surface area contributed by atoms with Crippen molar-refractivity contribution in [3.63, 3.8) is 0 Å². The third kappa shape index (κ3) is 4.20. The topological polar surface area (TPSA) is 45.2 Å². The summed E-state index contributed by atoms with van der Waals surface area (Å²) in [5.74, 6) is 0.709. The van der Waals surface area contributed by atoms with E-state index in [1.165, 1.54) is 11.1 Å². The van der Waals surface area contributed by atoms with Crippen LogP contribution in [-0.4, -0.2) is 29.0 Å².